The third-order valence-electron chi connectivity index (χ3n) is 2.79. The Morgan fingerprint density at radius 2 is 1.65 bits per heavy atom. The number of nitrogens with two attached hydrogens (primary N) is 1. The van der Waals surface area contributed by atoms with E-state index in [0.717, 1.165) is 12.1 Å². The molecule has 2 aromatic rings. The number of hydrogen-bond acceptors (Lipinski definition) is 1. The third kappa shape index (κ3) is 2.77. The Bertz CT molecular complexity index is 650. The molecule has 0 aromatic heterocycles. The maximum absolute atomic E-state index is 12.5. The van der Waals surface area contributed by atoms with Gasteiger partial charge < -0.3 is 5.73 Å². The van der Waals surface area contributed by atoms with Gasteiger partial charge in [-0.15, -0.1) is 0 Å². The van der Waals surface area contributed by atoms with E-state index in [2.05, 4.69) is 0 Å². The first-order valence-electron chi connectivity index (χ1n) is 5.56. The van der Waals surface area contributed by atoms with Crippen molar-refractivity contribution in [2.75, 3.05) is 0 Å². The van der Waals surface area contributed by atoms with E-state index in [1.54, 1.807) is 12.1 Å². The highest BCUT2D eigenvalue weighted by Crippen LogP contribution is 2.34. The van der Waals surface area contributed by atoms with Crippen LogP contribution in [-0.4, -0.2) is 5.91 Å². The fraction of sp³-hybridized carbons (Fsp3) is 0.0714. The van der Waals surface area contributed by atoms with Gasteiger partial charge in [-0.3, -0.25) is 4.79 Å². The van der Waals surface area contributed by atoms with Crippen LogP contribution in [0.2, 0.25) is 5.02 Å². The molecule has 2 N–H and O–H groups in total. The van der Waals surface area contributed by atoms with Crippen LogP contribution in [-0.2, 0) is 6.18 Å². The number of hydrogen-bond donors (Lipinski definition) is 1. The van der Waals surface area contributed by atoms with Crippen LogP contribution in [0.25, 0.3) is 11.1 Å². The second kappa shape index (κ2) is 5.17. The van der Waals surface area contributed by atoms with Crippen LogP contribution in [0.15, 0.2) is 42.5 Å². The van der Waals surface area contributed by atoms with E-state index < -0.39 is 17.6 Å². The first-order chi connectivity index (χ1) is 9.30. The molecule has 0 aliphatic rings. The Hall–Kier alpha value is -2.01. The Balaban J connectivity index is 2.48. The van der Waals surface area contributed by atoms with Gasteiger partial charge in [-0.05, 0) is 23.8 Å². The minimum atomic E-state index is -4.39. The van der Waals surface area contributed by atoms with E-state index in [4.69, 9.17) is 17.3 Å². The molecule has 0 saturated carbocycles. The van der Waals surface area contributed by atoms with Gasteiger partial charge in [-0.2, -0.15) is 13.2 Å². The zero-order valence-electron chi connectivity index (χ0n) is 10.0. The molecule has 104 valence electrons. The lowest BCUT2D eigenvalue weighted by atomic mass is 10.0. The van der Waals surface area contributed by atoms with E-state index in [0.29, 0.717) is 11.1 Å². The van der Waals surface area contributed by atoms with Gasteiger partial charge in [-0.25, -0.2) is 0 Å². The van der Waals surface area contributed by atoms with Crippen LogP contribution in [0.4, 0.5) is 13.2 Å². The summed E-state index contributed by atoms with van der Waals surface area (Å²) in [6.07, 6.45) is -4.39. The van der Waals surface area contributed by atoms with Gasteiger partial charge in [0.15, 0.2) is 0 Å². The highest BCUT2D eigenvalue weighted by Gasteiger charge is 2.30. The third-order valence-corrected chi connectivity index (χ3v) is 3.19. The number of amides is 1. The highest BCUT2D eigenvalue weighted by molar-refractivity contribution is 6.36. The van der Waals surface area contributed by atoms with E-state index >= 15 is 0 Å². The summed E-state index contributed by atoms with van der Waals surface area (Å²) < 4.78 is 37.5. The number of carbonyl (C=O) groups excluding carboxylic acids is 1. The first kappa shape index (κ1) is 14.4. The molecule has 20 heavy (non-hydrogen) atoms. The standard InChI is InChI=1S/C14H9ClF3NO/c15-12-10(2-1-3-11(12)13(19)20)8-4-6-9(7-5-8)14(16,17)18/h1-7H,(H2,19,20). The number of alkyl halides is 3. The number of benzene rings is 2. The van der Waals surface area contributed by atoms with E-state index in [9.17, 15) is 18.0 Å². The lowest BCUT2D eigenvalue weighted by Crippen LogP contribution is -2.11. The molecule has 0 heterocycles. The molecule has 2 nitrogen and oxygen atoms in total. The average molecular weight is 300 g/mol. The Morgan fingerprint density at radius 3 is 2.15 bits per heavy atom. The largest absolute Gasteiger partial charge is 0.416 e. The molecule has 0 saturated heterocycles. The molecule has 0 unspecified atom stereocenters. The van der Waals surface area contributed by atoms with E-state index in [-0.39, 0.29) is 10.6 Å². The molecular weight excluding hydrogens is 291 g/mol. The molecule has 2 aromatic carbocycles. The molecule has 0 spiro atoms. The number of primary amides is 1. The predicted molar refractivity (Wildman–Crippen MR) is 70.4 cm³/mol. The second-order valence-electron chi connectivity index (χ2n) is 4.11. The van der Waals surface area contributed by atoms with Crippen molar-refractivity contribution in [3.63, 3.8) is 0 Å². The van der Waals surface area contributed by atoms with Gasteiger partial charge in [0.05, 0.1) is 16.1 Å². The summed E-state index contributed by atoms with van der Waals surface area (Å²) in [7, 11) is 0. The van der Waals surface area contributed by atoms with Crippen LogP contribution in [0.1, 0.15) is 15.9 Å². The lowest BCUT2D eigenvalue weighted by molar-refractivity contribution is -0.137. The van der Waals surface area contributed by atoms with Crippen molar-refractivity contribution in [1.82, 2.24) is 0 Å². The molecule has 2 rings (SSSR count). The molecule has 0 aliphatic carbocycles. The summed E-state index contributed by atoms with van der Waals surface area (Å²) in [5.41, 5.74) is 5.49. The van der Waals surface area contributed by atoms with Gasteiger partial charge in [0, 0.05) is 5.56 Å². The van der Waals surface area contributed by atoms with Gasteiger partial charge in [0.2, 0.25) is 5.91 Å². The van der Waals surface area contributed by atoms with Crippen molar-refractivity contribution in [3.05, 3.63) is 58.6 Å². The quantitative estimate of drug-likeness (QED) is 0.890. The monoisotopic (exact) mass is 299 g/mol. The van der Waals surface area contributed by atoms with Gasteiger partial charge in [0.1, 0.15) is 0 Å². The Morgan fingerprint density at radius 1 is 1.05 bits per heavy atom. The van der Waals surface area contributed by atoms with Crippen molar-refractivity contribution in [2.24, 2.45) is 5.73 Å². The highest BCUT2D eigenvalue weighted by atomic mass is 35.5. The molecular formula is C14H9ClF3NO. The fourth-order valence-electron chi connectivity index (χ4n) is 1.78. The lowest BCUT2D eigenvalue weighted by Gasteiger charge is -2.10. The molecule has 6 heteroatoms. The van der Waals surface area contributed by atoms with Crippen molar-refractivity contribution in [1.29, 1.82) is 0 Å². The maximum atomic E-state index is 12.5. The predicted octanol–water partition coefficient (Wildman–Crippen LogP) is 4.12. The maximum Gasteiger partial charge on any atom is 0.416 e. The molecule has 0 atom stereocenters. The normalized spacial score (nSPS) is 11.4. The topological polar surface area (TPSA) is 43.1 Å². The van der Waals surface area contributed by atoms with Crippen LogP contribution in [0.3, 0.4) is 0 Å². The zero-order valence-corrected chi connectivity index (χ0v) is 10.8. The van der Waals surface area contributed by atoms with Crippen LogP contribution >= 0.6 is 11.6 Å². The molecule has 0 fully saturated rings. The summed E-state index contributed by atoms with van der Waals surface area (Å²) in [6, 6.07) is 9.16. The van der Waals surface area contributed by atoms with Gasteiger partial charge in [0.25, 0.3) is 0 Å². The Kier molecular flexibility index (Phi) is 3.72. The number of halogens is 4. The first-order valence-corrected chi connectivity index (χ1v) is 5.94. The summed E-state index contributed by atoms with van der Waals surface area (Å²) in [5, 5.41) is 0.125. The minimum Gasteiger partial charge on any atom is -0.366 e. The summed E-state index contributed by atoms with van der Waals surface area (Å²) in [6.45, 7) is 0. The van der Waals surface area contributed by atoms with Crippen molar-refractivity contribution in [3.8, 4) is 11.1 Å². The second-order valence-corrected chi connectivity index (χ2v) is 4.48. The molecule has 0 bridgehead atoms. The van der Waals surface area contributed by atoms with Gasteiger partial charge >= 0.3 is 6.18 Å². The van der Waals surface area contributed by atoms with E-state index in [1.165, 1.54) is 18.2 Å². The summed E-state index contributed by atoms with van der Waals surface area (Å²) >= 11 is 6.04. The Labute approximate surface area is 118 Å². The SMILES string of the molecule is NC(=O)c1cccc(-c2ccc(C(F)(F)F)cc2)c1Cl. The zero-order chi connectivity index (χ0) is 14.9. The fourth-order valence-corrected chi connectivity index (χ4v) is 2.11. The van der Waals surface area contributed by atoms with Crippen molar-refractivity contribution >= 4 is 17.5 Å². The number of carbonyl (C=O) groups is 1. The van der Waals surface area contributed by atoms with Crippen LogP contribution in [0, 0.1) is 0 Å². The molecule has 0 radical (unpaired) electrons. The van der Waals surface area contributed by atoms with Gasteiger partial charge in [-0.1, -0.05) is 35.9 Å². The average Bonchev–Trinajstić information content (AvgIpc) is 2.38. The molecule has 1 amide bonds. The smallest absolute Gasteiger partial charge is 0.366 e. The summed E-state index contributed by atoms with van der Waals surface area (Å²) in [4.78, 5) is 11.2. The van der Waals surface area contributed by atoms with Crippen LogP contribution < -0.4 is 5.73 Å². The van der Waals surface area contributed by atoms with E-state index in [1.807, 2.05) is 0 Å². The number of rotatable bonds is 2. The molecule has 0 aliphatic heterocycles. The van der Waals surface area contributed by atoms with Crippen molar-refractivity contribution in [2.45, 2.75) is 6.18 Å². The van der Waals surface area contributed by atoms with Crippen molar-refractivity contribution < 1.29 is 18.0 Å². The van der Waals surface area contributed by atoms with Crippen LogP contribution in [0.5, 0.6) is 0 Å². The minimum absolute atomic E-state index is 0.125. The summed E-state index contributed by atoms with van der Waals surface area (Å²) in [5.74, 6) is -0.691.